The van der Waals surface area contributed by atoms with Gasteiger partial charge in [0.2, 0.25) is 0 Å². The molecule has 0 spiro atoms. The van der Waals surface area contributed by atoms with Gasteiger partial charge in [0, 0.05) is 12.6 Å². The van der Waals surface area contributed by atoms with Crippen LogP contribution >= 0.6 is 15.9 Å². The van der Waals surface area contributed by atoms with E-state index in [1.54, 1.807) is 16.7 Å². The van der Waals surface area contributed by atoms with Gasteiger partial charge in [-0.05, 0) is 28.9 Å². The fourth-order valence-electron chi connectivity index (χ4n) is 0.802. The van der Waals surface area contributed by atoms with Gasteiger partial charge in [-0.2, -0.15) is 0 Å². The zero-order chi connectivity index (χ0) is 7.56. The van der Waals surface area contributed by atoms with Crippen LogP contribution in [0, 0.1) is 0 Å². The maximum Gasteiger partial charge on any atom is 0.251 e. The standard InChI is InChI=1S/C7H8BrNO/c1-2-9-6(8)4-3-5-7(9)10/h3-5H,2H2,1H3. The highest BCUT2D eigenvalue weighted by atomic mass is 79.9. The molecule has 0 fully saturated rings. The smallest absolute Gasteiger partial charge is 0.251 e. The first kappa shape index (κ1) is 7.54. The zero-order valence-electron chi connectivity index (χ0n) is 5.67. The molecule has 10 heavy (non-hydrogen) atoms. The summed E-state index contributed by atoms with van der Waals surface area (Å²) in [6, 6.07) is 5.14. The molecule has 0 amide bonds. The highest BCUT2D eigenvalue weighted by Crippen LogP contribution is 2.04. The molecule has 0 unspecified atom stereocenters. The van der Waals surface area contributed by atoms with E-state index >= 15 is 0 Å². The van der Waals surface area contributed by atoms with Gasteiger partial charge in [0.15, 0.2) is 0 Å². The molecule has 0 aromatic carbocycles. The van der Waals surface area contributed by atoms with Crippen LogP contribution in [-0.4, -0.2) is 4.57 Å². The van der Waals surface area contributed by atoms with Gasteiger partial charge in [0.1, 0.15) is 0 Å². The first-order chi connectivity index (χ1) is 4.75. The molecule has 1 aromatic heterocycles. The molecule has 0 bridgehead atoms. The molecule has 0 aliphatic carbocycles. The van der Waals surface area contributed by atoms with Crippen molar-refractivity contribution in [2.24, 2.45) is 0 Å². The fourth-order valence-corrected chi connectivity index (χ4v) is 1.38. The highest BCUT2D eigenvalue weighted by molar-refractivity contribution is 9.10. The first-order valence-corrected chi connectivity index (χ1v) is 3.90. The summed E-state index contributed by atoms with van der Waals surface area (Å²) in [7, 11) is 0. The molecule has 0 atom stereocenters. The van der Waals surface area contributed by atoms with Crippen LogP contribution < -0.4 is 5.56 Å². The van der Waals surface area contributed by atoms with Gasteiger partial charge in [-0.15, -0.1) is 0 Å². The third-order valence-corrected chi connectivity index (χ3v) is 2.01. The largest absolute Gasteiger partial charge is 0.303 e. The molecule has 1 aromatic rings. The minimum atomic E-state index is 0.0388. The second kappa shape index (κ2) is 3.01. The van der Waals surface area contributed by atoms with Crippen molar-refractivity contribution in [2.75, 3.05) is 0 Å². The Morgan fingerprint density at radius 2 is 2.30 bits per heavy atom. The molecule has 0 N–H and O–H groups in total. The van der Waals surface area contributed by atoms with E-state index < -0.39 is 0 Å². The summed E-state index contributed by atoms with van der Waals surface area (Å²) in [6.45, 7) is 2.65. The lowest BCUT2D eigenvalue weighted by Crippen LogP contribution is -2.17. The van der Waals surface area contributed by atoms with Gasteiger partial charge in [-0.1, -0.05) is 6.07 Å². The number of pyridine rings is 1. The maximum absolute atomic E-state index is 11.0. The van der Waals surface area contributed by atoms with E-state index in [0.29, 0.717) is 6.54 Å². The van der Waals surface area contributed by atoms with Crippen LogP contribution in [0.2, 0.25) is 0 Å². The predicted octanol–water partition coefficient (Wildman–Crippen LogP) is 1.63. The van der Waals surface area contributed by atoms with Gasteiger partial charge < -0.3 is 4.57 Å². The van der Waals surface area contributed by atoms with Crippen molar-refractivity contribution >= 4 is 15.9 Å². The lowest BCUT2D eigenvalue weighted by molar-refractivity contribution is 0.709. The Labute approximate surface area is 67.6 Å². The van der Waals surface area contributed by atoms with Crippen LogP contribution in [0.4, 0.5) is 0 Å². The molecule has 0 saturated heterocycles. The summed E-state index contributed by atoms with van der Waals surface area (Å²) in [5.74, 6) is 0. The van der Waals surface area contributed by atoms with Crippen molar-refractivity contribution in [1.82, 2.24) is 4.57 Å². The zero-order valence-corrected chi connectivity index (χ0v) is 7.26. The Hall–Kier alpha value is -0.570. The third kappa shape index (κ3) is 1.29. The predicted molar refractivity (Wildman–Crippen MR) is 44.1 cm³/mol. The van der Waals surface area contributed by atoms with Crippen LogP contribution in [0.15, 0.2) is 27.6 Å². The normalized spacial score (nSPS) is 9.80. The summed E-state index contributed by atoms with van der Waals surface area (Å²) < 4.78 is 2.49. The summed E-state index contributed by atoms with van der Waals surface area (Å²) in [5.41, 5.74) is 0.0388. The number of halogens is 1. The van der Waals surface area contributed by atoms with Gasteiger partial charge in [0.25, 0.3) is 5.56 Å². The summed E-state index contributed by atoms with van der Waals surface area (Å²) in [4.78, 5) is 11.0. The summed E-state index contributed by atoms with van der Waals surface area (Å²) >= 11 is 3.27. The van der Waals surface area contributed by atoms with Gasteiger partial charge in [-0.25, -0.2) is 0 Å². The van der Waals surface area contributed by atoms with Crippen molar-refractivity contribution in [3.63, 3.8) is 0 Å². The average molecular weight is 202 g/mol. The van der Waals surface area contributed by atoms with E-state index in [9.17, 15) is 4.79 Å². The van der Waals surface area contributed by atoms with Crippen LogP contribution in [-0.2, 0) is 6.54 Å². The molecule has 1 heterocycles. The fraction of sp³-hybridized carbons (Fsp3) is 0.286. The first-order valence-electron chi connectivity index (χ1n) is 3.11. The minimum absolute atomic E-state index is 0.0388. The quantitative estimate of drug-likeness (QED) is 0.634. The molecule has 3 heteroatoms. The Morgan fingerprint density at radius 1 is 1.60 bits per heavy atom. The van der Waals surface area contributed by atoms with E-state index in [1.807, 2.05) is 13.0 Å². The van der Waals surface area contributed by atoms with Crippen molar-refractivity contribution in [3.05, 3.63) is 33.2 Å². The number of hydrogen-bond donors (Lipinski definition) is 0. The number of nitrogens with zero attached hydrogens (tertiary/aromatic N) is 1. The molecular weight excluding hydrogens is 194 g/mol. The van der Waals surface area contributed by atoms with Crippen LogP contribution in [0.3, 0.4) is 0 Å². The third-order valence-electron chi connectivity index (χ3n) is 1.31. The number of rotatable bonds is 1. The van der Waals surface area contributed by atoms with E-state index in [4.69, 9.17) is 0 Å². The van der Waals surface area contributed by atoms with Crippen LogP contribution in [0.5, 0.6) is 0 Å². The lowest BCUT2D eigenvalue weighted by atomic mass is 10.5. The second-order valence-electron chi connectivity index (χ2n) is 1.93. The SMILES string of the molecule is CCn1c(Br)cccc1=O. The monoisotopic (exact) mass is 201 g/mol. The lowest BCUT2D eigenvalue weighted by Gasteiger charge is -2.01. The van der Waals surface area contributed by atoms with E-state index in [0.717, 1.165) is 4.60 Å². The Kier molecular flexibility index (Phi) is 2.27. The Bertz CT molecular complexity index is 279. The number of aromatic nitrogens is 1. The molecule has 54 valence electrons. The van der Waals surface area contributed by atoms with E-state index in [2.05, 4.69) is 15.9 Å². The minimum Gasteiger partial charge on any atom is -0.303 e. The summed E-state index contributed by atoms with van der Waals surface area (Å²) in [5, 5.41) is 0. The van der Waals surface area contributed by atoms with Crippen molar-refractivity contribution < 1.29 is 0 Å². The Morgan fingerprint density at radius 3 is 2.70 bits per heavy atom. The van der Waals surface area contributed by atoms with E-state index in [1.165, 1.54) is 0 Å². The van der Waals surface area contributed by atoms with Crippen molar-refractivity contribution in [3.8, 4) is 0 Å². The second-order valence-corrected chi connectivity index (χ2v) is 2.74. The topological polar surface area (TPSA) is 22.0 Å². The molecule has 1 rings (SSSR count). The molecule has 0 aliphatic rings. The van der Waals surface area contributed by atoms with Crippen molar-refractivity contribution in [2.45, 2.75) is 13.5 Å². The summed E-state index contributed by atoms with van der Waals surface area (Å²) in [6.07, 6.45) is 0. The van der Waals surface area contributed by atoms with E-state index in [-0.39, 0.29) is 5.56 Å². The molecule has 2 nitrogen and oxygen atoms in total. The molecule has 0 saturated carbocycles. The molecular formula is C7H8BrNO. The van der Waals surface area contributed by atoms with Gasteiger partial charge in [-0.3, -0.25) is 4.79 Å². The van der Waals surface area contributed by atoms with Gasteiger partial charge >= 0.3 is 0 Å². The highest BCUT2D eigenvalue weighted by Gasteiger charge is 1.94. The molecule has 0 radical (unpaired) electrons. The van der Waals surface area contributed by atoms with Gasteiger partial charge in [0.05, 0.1) is 4.60 Å². The Balaban J connectivity index is 3.31. The van der Waals surface area contributed by atoms with Crippen LogP contribution in [0.25, 0.3) is 0 Å². The number of hydrogen-bond acceptors (Lipinski definition) is 1. The maximum atomic E-state index is 11.0. The van der Waals surface area contributed by atoms with Crippen LogP contribution in [0.1, 0.15) is 6.92 Å². The average Bonchev–Trinajstić information content (AvgIpc) is 1.88. The van der Waals surface area contributed by atoms with Crippen molar-refractivity contribution in [1.29, 1.82) is 0 Å². The molecule has 0 aliphatic heterocycles.